The molecule has 0 atom stereocenters. The molecule has 0 spiro atoms. The first-order valence-corrected chi connectivity index (χ1v) is 5.76. The molecule has 1 rings (SSSR count). The molecule has 1 amide bonds. The number of hydrogen-bond donors (Lipinski definition) is 1. The van der Waals surface area contributed by atoms with Gasteiger partial charge in [-0.15, -0.1) is 12.3 Å². The Balaban J connectivity index is 2.34. The van der Waals surface area contributed by atoms with Crippen LogP contribution in [0.2, 0.25) is 0 Å². The van der Waals surface area contributed by atoms with Crippen molar-refractivity contribution in [3.05, 3.63) is 60.1 Å². The second-order valence-electron chi connectivity index (χ2n) is 3.70. The van der Waals surface area contributed by atoms with Crippen molar-refractivity contribution in [2.45, 2.75) is 12.8 Å². The lowest BCUT2D eigenvalue weighted by Gasteiger charge is -1.98. The van der Waals surface area contributed by atoms with E-state index in [2.05, 4.69) is 17.6 Å². The first-order valence-electron chi connectivity index (χ1n) is 5.76. The van der Waals surface area contributed by atoms with E-state index in [-0.39, 0.29) is 11.7 Å². The van der Waals surface area contributed by atoms with Crippen LogP contribution < -0.4 is 5.32 Å². The largest absolute Gasteiger partial charge is 0.352 e. The minimum atomic E-state index is -0.259. The summed E-state index contributed by atoms with van der Waals surface area (Å²) in [6, 6.07) is 6.12. The third kappa shape index (κ3) is 5.83. The van der Waals surface area contributed by atoms with Gasteiger partial charge in [-0.2, -0.15) is 0 Å². The average molecular weight is 245 g/mol. The van der Waals surface area contributed by atoms with Gasteiger partial charge in [0.15, 0.2) is 0 Å². The fourth-order valence-electron chi connectivity index (χ4n) is 1.26. The minimum Gasteiger partial charge on any atom is -0.352 e. The van der Waals surface area contributed by atoms with Crippen molar-refractivity contribution in [3.8, 4) is 0 Å². The van der Waals surface area contributed by atoms with E-state index in [1.165, 1.54) is 12.1 Å². The van der Waals surface area contributed by atoms with E-state index in [0.717, 1.165) is 5.56 Å². The summed E-state index contributed by atoms with van der Waals surface area (Å²) < 4.78 is 12.6. The Labute approximate surface area is 107 Å². The van der Waals surface area contributed by atoms with Crippen LogP contribution in [-0.2, 0) is 4.79 Å². The van der Waals surface area contributed by atoms with Gasteiger partial charge in [0.05, 0.1) is 0 Å². The molecule has 94 valence electrons. The highest BCUT2D eigenvalue weighted by atomic mass is 19.1. The summed E-state index contributed by atoms with van der Waals surface area (Å²) in [4.78, 5) is 11.2. The molecule has 0 heterocycles. The Morgan fingerprint density at radius 3 is 2.78 bits per heavy atom. The summed E-state index contributed by atoms with van der Waals surface area (Å²) in [7, 11) is 0. The summed E-state index contributed by atoms with van der Waals surface area (Å²) >= 11 is 0. The van der Waals surface area contributed by atoms with Crippen LogP contribution in [0.3, 0.4) is 0 Å². The highest BCUT2D eigenvalue weighted by Crippen LogP contribution is 2.03. The number of allylic oxidation sites excluding steroid dienone is 1. The molecule has 0 radical (unpaired) electrons. The molecule has 0 aromatic heterocycles. The van der Waals surface area contributed by atoms with Gasteiger partial charge >= 0.3 is 0 Å². The predicted octanol–water partition coefficient (Wildman–Crippen LogP) is 3.08. The topological polar surface area (TPSA) is 29.1 Å². The molecule has 0 unspecified atom stereocenters. The molecular weight excluding hydrogens is 229 g/mol. The van der Waals surface area contributed by atoms with E-state index < -0.39 is 0 Å². The number of carbonyl (C=O) groups excluding carboxylic acids is 1. The van der Waals surface area contributed by atoms with E-state index in [9.17, 15) is 9.18 Å². The van der Waals surface area contributed by atoms with Crippen molar-refractivity contribution < 1.29 is 9.18 Å². The number of rotatable bonds is 6. The van der Waals surface area contributed by atoms with Gasteiger partial charge in [-0.05, 0) is 36.3 Å². The summed E-state index contributed by atoms with van der Waals surface area (Å²) in [6.45, 7) is 3.99. The fourth-order valence-corrected chi connectivity index (χ4v) is 1.26. The van der Waals surface area contributed by atoms with E-state index >= 15 is 0 Å². The number of hydrogen-bond acceptors (Lipinski definition) is 1. The van der Waals surface area contributed by atoms with Gasteiger partial charge in [0.2, 0.25) is 5.91 Å². The number of nitrogens with one attached hydrogen (secondary N) is 1. The van der Waals surface area contributed by atoms with E-state index in [1.807, 2.05) is 0 Å². The van der Waals surface area contributed by atoms with Crippen LogP contribution >= 0.6 is 0 Å². The maximum absolute atomic E-state index is 12.6. The zero-order valence-corrected chi connectivity index (χ0v) is 10.2. The third-order valence-corrected chi connectivity index (χ3v) is 2.21. The van der Waals surface area contributed by atoms with Crippen molar-refractivity contribution in [1.29, 1.82) is 0 Å². The maximum atomic E-state index is 12.6. The molecule has 0 saturated carbocycles. The number of carbonyl (C=O) groups is 1. The SMILES string of the molecule is C=CCCC(=O)NCC=C=Cc1ccc(F)cc1. The van der Waals surface area contributed by atoms with Crippen LogP contribution in [0.4, 0.5) is 4.39 Å². The minimum absolute atomic E-state index is 0.00488. The Hall–Kier alpha value is -2.12. The van der Waals surface area contributed by atoms with E-state index in [4.69, 9.17) is 0 Å². The molecule has 1 N–H and O–H groups in total. The first kappa shape index (κ1) is 13.9. The normalized spacial score (nSPS) is 9.17. The van der Waals surface area contributed by atoms with Gasteiger partial charge in [0, 0.05) is 13.0 Å². The van der Waals surface area contributed by atoms with Gasteiger partial charge in [0.25, 0.3) is 0 Å². The summed E-state index contributed by atoms with van der Waals surface area (Å²) in [5, 5.41) is 2.73. The Morgan fingerprint density at radius 1 is 1.39 bits per heavy atom. The van der Waals surface area contributed by atoms with Gasteiger partial charge < -0.3 is 5.32 Å². The Kier molecular flexibility index (Phi) is 6.23. The average Bonchev–Trinajstić information content (AvgIpc) is 2.38. The molecule has 2 nitrogen and oxygen atoms in total. The zero-order valence-electron chi connectivity index (χ0n) is 10.2. The summed E-state index contributed by atoms with van der Waals surface area (Å²) in [6.07, 6.45) is 6.30. The number of halogens is 1. The lowest BCUT2D eigenvalue weighted by atomic mass is 10.2. The molecule has 0 fully saturated rings. The second-order valence-corrected chi connectivity index (χ2v) is 3.70. The Bertz CT molecular complexity index is 456. The van der Waals surface area contributed by atoms with Crippen molar-refractivity contribution in [3.63, 3.8) is 0 Å². The molecular formula is C15H16FNO. The van der Waals surface area contributed by atoms with E-state index in [0.29, 0.717) is 19.4 Å². The van der Waals surface area contributed by atoms with Gasteiger partial charge in [-0.3, -0.25) is 4.79 Å². The second kappa shape index (κ2) is 8.04. The lowest BCUT2D eigenvalue weighted by molar-refractivity contribution is -0.120. The molecule has 1 aromatic rings. The predicted molar refractivity (Wildman–Crippen MR) is 71.4 cm³/mol. The first-order chi connectivity index (χ1) is 8.72. The number of amides is 1. The van der Waals surface area contributed by atoms with Crippen LogP contribution in [0.1, 0.15) is 18.4 Å². The molecule has 0 saturated heterocycles. The maximum Gasteiger partial charge on any atom is 0.220 e. The molecule has 1 aromatic carbocycles. The van der Waals surface area contributed by atoms with Crippen LogP contribution in [-0.4, -0.2) is 12.5 Å². The molecule has 3 heteroatoms. The molecule has 0 bridgehead atoms. The monoisotopic (exact) mass is 245 g/mol. The highest BCUT2D eigenvalue weighted by molar-refractivity contribution is 5.76. The quantitative estimate of drug-likeness (QED) is 0.605. The number of benzene rings is 1. The summed E-state index contributed by atoms with van der Waals surface area (Å²) in [5.41, 5.74) is 3.79. The molecule has 0 aliphatic carbocycles. The third-order valence-electron chi connectivity index (χ3n) is 2.21. The van der Waals surface area contributed by atoms with Gasteiger partial charge in [-0.1, -0.05) is 18.2 Å². The van der Waals surface area contributed by atoms with Crippen molar-refractivity contribution in [1.82, 2.24) is 5.32 Å². The fraction of sp³-hybridized carbons (Fsp3) is 0.200. The van der Waals surface area contributed by atoms with Gasteiger partial charge in [0.1, 0.15) is 5.82 Å². The standard InChI is InChI=1S/C15H16FNO/c1-2-3-7-15(18)17-12-5-4-6-13-8-10-14(16)11-9-13/h2,5-6,8-11H,1,3,7,12H2,(H,17,18). The van der Waals surface area contributed by atoms with E-state index in [1.54, 1.807) is 30.4 Å². The van der Waals surface area contributed by atoms with Crippen LogP contribution in [0.15, 0.2) is 48.7 Å². The van der Waals surface area contributed by atoms with Gasteiger partial charge in [-0.25, -0.2) is 4.39 Å². The smallest absolute Gasteiger partial charge is 0.220 e. The molecule has 0 aliphatic heterocycles. The van der Waals surface area contributed by atoms with Crippen LogP contribution in [0, 0.1) is 5.82 Å². The summed E-state index contributed by atoms with van der Waals surface area (Å²) in [5.74, 6) is -0.264. The Morgan fingerprint density at radius 2 is 2.11 bits per heavy atom. The van der Waals surface area contributed by atoms with Crippen LogP contribution in [0.5, 0.6) is 0 Å². The van der Waals surface area contributed by atoms with Crippen LogP contribution in [0.25, 0.3) is 6.08 Å². The lowest BCUT2D eigenvalue weighted by Crippen LogP contribution is -2.22. The molecule has 18 heavy (non-hydrogen) atoms. The van der Waals surface area contributed by atoms with Crippen molar-refractivity contribution >= 4 is 12.0 Å². The molecule has 0 aliphatic rings. The zero-order chi connectivity index (χ0) is 13.2. The van der Waals surface area contributed by atoms with Crippen molar-refractivity contribution in [2.24, 2.45) is 0 Å². The van der Waals surface area contributed by atoms with Crippen molar-refractivity contribution in [2.75, 3.05) is 6.54 Å². The highest BCUT2D eigenvalue weighted by Gasteiger charge is 1.95.